The number of amides is 1. The van der Waals surface area contributed by atoms with Crippen LogP contribution in [0.1, 0.15) is 24.4 Å². The number of nitrogen functional groups attached to an aromatic ring is 1. The number of hydrogen-bond acceptors (Lipinski definition) is 7. The minimum absolute atomic E-state index is 0.0697. The van der Waals surface area contributed by atoms with Crippen LogP contribution in [0.3, 0.4) is 0 Å². The van der Waals surface area contributed by atoms with Crippen molar-refractivity contribution in [3.05, 3.63) is 78.1 Å². The first-order valence-electron chi connectivity index (χ1n) is 12.0. The van der Waals surface area contributed by atoms with E-state index in [4.69, 9.17) is 22.4 Å². The third-order valence-corrected chi connectivity index (χ3v) is 8.23. The zero-order chi connectivity index (χ0) is 26.9. The molecule has 4 aromatic rings. The van der Waals surface area contributed by atoms with Gasteiger partial charge in [0.1, 0.15) is 17.8 Å². The summed E-state index contributed by atoms with van der Waals surface area (Å²) in [5.74, 6) is 0.202. The van der Waals surface area contributed by atoms with Crippen LogP contribution in [-0.4, -0.2) is 52.1 Å². The topological polar surface area (TPSA) is 136 Å². The summed E-state index contributed by atoms with van der Waals surface area (Å²) in [6, 6.07) is 13.3. The number of piperidine rings is 1. The molecule has 1 aliphatic heterocycles. The Morgan fingerprint density at radius 2 is 1.89 bits per heavy atom. The number of aromatic nitrogens is 4. The maximum Gasteiger partial charge on any atom is 0.246 e. The first-order chi connectivity index (χ1) is 18.3. The lowest BCUT2D eigenvalue weighted by Gasteiger charge is -2.32. The van der Waals surface area contributed by atoms with Crippen molar-refractivity contribution in [2.75, 3.05) is 18.8 Å². The maximum absolute atomic E-state index is 12.6. The zero-order valence-electron chi connectivity index (χ0n) is 20.4. The van der Waals surface area contributed by atoms with Crippen LogP contribution in [0.25, 0.3) is 22.3 Å². The van der Waals surface area contributed by atoms with Crippen molar-refractivity contribution in [2.24, 2.45) is 0 Å². The molecule has 0 bridgehead atoms. The van der Waals surface area contributed by atoms with E-state index in [1.165, 1.54) is 36.7 Å². The van der Waals surface area contributed by atoms with E-state index in [9.17, 15) is 13.2 Å². The van der Waals surface area contributed by atoms with Gasteiger partial charge in [0, 0.05) is 30.2 Å². The van der Waals surface area contributed by atoms with Crippen molar-refractivity contribution in [3.63, 3.8) is 0 Å². The number of nitrogens with zero attached hydrogens (tertiary/aromatic N) is 5. The molecule has 2 aromatic heterocycles. The average Bonchev–Trinajstić information content (AvgIpc) is 3.33. The number of carbonyl (C=O) groups is 1. The number of sulfonamides is 1. The summed E-state index contributed by atoms with van der Waals surface area (Å²) >= 11 is 5.86. The lowest BCUT2D eigenvalue weighted by Crippen LogP contribution is -2.40. The van der Waals surface area contributed by atoms with E-state index >= 15 is 0 Å². The van der Waals surface area contributed by atoms with Gasteiger partial charge in [0.25, 0.3) is 0 Å². The Morgan fingerprint density at radius 1 is 1.16 bits per heavy atom. The molecular weight excluding hydrogens is 526 g/mol. The smallest absolute Gasteiger partial charge is 0.246 e. The number of fused-ring (bicyclic) bond motifs is 1. The quantitative estimate of drug-likeness (QED) is 0.335. The van der Waals surface area contributed by atoms with Gasteiger partial charge in [0.2, 0.25) is 15.9 Å². The van der Waals surface area contributed by atoms with Crippen LogP contribution in [0.5, 0.6) is 0 Å². The van der Waals surface area contributed by atoms with Gasteiger partial charge in [-0.2, -0.15) is 5.10 Å². The molecule has 0 saturated carbocycles. The number of carbonyl (C=O) groups excluding carboxylic acids is 1. The highest BCUT2D eigenvalue weighted by atomic mass is 35.5. The molecule has 196 valence electrons. The highest BCUT2D eigenvalue weighted by Crippen LogP contribution is 2.34. The summed E-state index contributed by atoms with van der Waals surface area (Å²) in [5, 5.41) is 5.97. The Labute approximate surface area is 225 Å². The van der Waals surface area contributed by atoms with Gasteiger partial charge < -0.3 is 10.6 Å². The van der Waals surface area contributed by atoms with Gasteiger partial charge in [-0.1, -0.05) is 42.4 Å². The van der Waals surface area contributed by atoms with Crippen LogP contribution in [-0.2, 0) is 21.4 Å². The summed E-state index contributed by atoms with van der Waals surface area (Å²) < 4.78 is 29.6. The minimum Gasteiger partial charge on any atom is -0.383 e. The Morgan fingerprint density at radius 3 is 2.61 bits per heavy atom. The molecule has 1 unspecified atom stereocenters. The van der Waals surface area contributed by atoms with Crippen molar-refractivity contribution in [2.45, 2.75) is 30.3 Å². The van der Waals surface area contributed by atoms with E-state index in [1.54, 1.807) is 4.90 Å². The molecule has 1 saturated heterocycles. The van der Waals surface area contributed by atoms with Crippen LogP contribution < -0.4 is 10.5 Å². The molecule has 38 heavy (non-hydrogen) atoms. The van der Waals surface area contributed by atoms with E-state index in [0.29, 0.717) is 40.7 Å². The summed E-state index contributed by atoms with van der Waals surface area (Å²) in [4.78, 5) is 22.7. The maximum atomic E-state index is 12.6. The first-order valence-corrected chi connectivity index (χ1v) is 13.9. The van der Waals surface area contributed by atoms with Crippen molar-refractivity contribution in [1.82, 2.24) is 29.4 Å². The average molecular weight is 552 g/mol. The molecule has 1 fully saturated rings. The Bertz CT molecular complexity index is 1600. The molecule has 0 aliphatic carbocycles. The number of rotatable bonds is 7. The summed E-state index contributed by atoms with van der Waals surface area (Å²) in [6.45, 7) is 4.88. The highest BCUT2D eigenvalue weighted by molar-refractivity contribution is 7.89. The molecule has 3 heterocycles. The van der Waals surface area contributed by atoms with Crippen molar-refractivity contribution >= 4 is 44.4 Å². The van der Waals surface area contributed by atoms with Crippen LogP contribution in [0.4, 0.5) is 5.82 Å². The third kappa shape index (κ3) is 5.13. The van der Waals surface area contributed by atoms with E-state index in [-0.39, 0.29) is 23.4 Å². The van der Waals surface area contributed by atoms with Gasteiger partial charge in [0.05, 0.1) is 16.3 Å². The molecule has 3 N–H and O–H groups in total. The monoisotopic (exact) mass is 551 g/mol. The molecule has 0 radical (unpaired) electrons. The van der Waals surface area contributed by atoms with Crippen LogP contribution in [0.2, 0.25) is 5.02 Å². The van der Waals surface area contributed by atoms with Gasteiger partial charge in [-0.3, -0.25) is 4.79 Å². The molecule has 1 amide bonds. The number of nitrogens with two attached hydrogens (primary N) is 1. The molecule has 1 atom stereocenters. The Kier molecular flexibility index (Phi) is 7.15. The minimum atomic E-state index is -3.69. The van der Waals surface area contributed by atoms with Crippen LogP contribution >= 0.6 is 11.6 Å². The predicted octanol–water partition coefficient (Wildman–Crippen LogP) is 3.56. The van der Waals surface area contributed by atoms with Crippen molar-refractivity contribution in [3.8, 4) is 11.3 Å². The number of anilines is 1. The second-order valence-corrected chi connectivity index (χ2v) is 11.2. The predicted molar refractivity (Wildman–Crippen MR) is 146 cm³/mol. The number of nitrogens with one attached hydrogen (secondary N) is 1. The second kappa shape index (κ2) is 10.5. The Balaban J connectivity index is 1.40. The molecule has 10 nitrogen and oxygen atoms in total. The SMILES string of the molecule is C=CC(=O)N1CCCC(n2nc(-c3ccc(CNS(=O)(=O)c4ccc(Cl)cc4)cc3)c3c(N)ncnc32)C1. The van der Waals surface area contributed by atoms with E-state index in [0.717, 1.165) is 24.0 Å². The van der Waals surface area contributed by atoms with Crippen molar-refractivity contribution < 1.29 is 13.2 Å². The highest BCUT2D eigenvalue weighted by Gasteiger charge is 2.28. The van der Waals surface area contributed by atoms with E-state index in [2.05, 4.69) is 21.3 Å². The molecule has 5 rings (SSSR count). The molecule has 2 aromatic carbocycles. The number of hydrogen-bond donors (Lipinski definition) is 2. The number of likely N-dealkylation sites (tertiary alicyclic amines) is 1. The lowest BCUT2D eigenvalue weighted by molar-refractivity contribution is -0.127. The molecular formula is C26H26ClN7O3S. The Hall–Kier alpha value is -3.80. The van der Waals surface area contributed by atoms with Crippen molar-refractivity contribution in [1.29, 1.82) is 0 Å². The van der Waals surface area contributed by atoms with Gasteiger partial charge in [-0.25, -0.2) is 27.8 Å². The fraction of sp³-hybridized carbons (Fsp3) is 0.231. The summed E-state index contributed by atoms with van der Waals surface area (Å²) in [7, 11) is -3.69. The van der Waals surface area contributed by atoms with Crippen LogP contribution in [0, 0.1) is 0 Å². The van der Waals surface area contributed by atoms with E-state index in [1.807, 2.05) is 28.9 Å². The zero-order valence-corrected chi connectivity index (χ0v) is 22.0. The summed E-state index contributed by atoms with van der Waals surface area (Å²) in [6.07, 6.45) is 4.41. The number of benzene rings is 2. The van der Waals surface area contributed by atoms with E-state index < -0.39 is 10.0 Å². The second-order valence-electron chi connectivity index (χ2n) is 9.01. The lowest BCUT2D eigenvalue weighted by atomic mass is 10.1. The largest absolute Gasteiger partial charge is 0.383 e. The first kappa shape index (κ1) is 25.8. The van der Waals surface area contributed by atoms with Gasteiger partial charge in [-0.05, 0) is 48.7 Å². The normalized spacial score (nSPS) is 16.0. The molecule has 12 heteroatoms. The van der Waals surface area contributed by atoms with Gasteiger partial charge in [-0.15, -0.1) is 0 Å². The summed E-state index contributed by atoms with van der Waals surface area (Å²) in [5.41, 5.74) is 9.04. The molecule has 0 spiro atoms. The van der Waals surface area contributed by atoms with Gasteiger partial charge >= 0.3 is 0 Å². The fourth-order valence-electron chi connectivity index (χ4n) is 4.59. The van der Waals surface area contributed by atoms with Gasteiger partial charge in [0.15, 0.2) is 5.65 Å². The molecule has 1 aliphatic rings. The number of halogens is 1. The third-order valence-electron chi connectivity index (χ3n) is 6.56. The fourth-order valence-corrected chi connectivity index (χ4v) is 5.74. The standard InChI is InChI=1S/C26H26ClN7O3S/c1-2-22(35)33-13-3-4-20(15-33)34-26-23(25(28)29-16-30-26)24(32-34)18-7-5-17(6-8-18)14-31-38(36,37)21-11-9-19(27)10-12-21/h2,5-12,16,20,31H,1,3-4,13-15H2,(H2,28,29,30). The van der Waals surface area contributed by atoms with Crippen LogP contribution in [0.15, 0.2) is 72.4 Å².